The fourth-order valence-corrected chi connectivity index (χ4v) is 3.96. The molecule has 2 rings (SSSR count). The van der Waals surface area contributed by atoms with Gasteiger partial charge in [-0.05, 0) is 47.3 Å². The third-order valence-corrected chi connectivity index (χ3v) is 4.86. The van der Waals surface area contributed by atoms with E-state index in [9.17, 15) is 0 Å². The summed E-state index contributed by atoms with van der Waals surface area (Å²) in [6.07, 6.45) is 2.45. The first-order valence-corrected chi connectivity index (χ1v) is 6.98. The Bertz CT molecular complexity index is 309. The number of hydrogen-bond acceptors (Lipinski definition) is 3. The third kappa shape index (κ3) is 2.61. The van der Waals surface area contributed by atoms with Crippen molar-refractivity contribution in [2.24, 2.45) is 5.92 Å². The van der Waals surface area contributed by atoms with E-state index in [0.717, 1.165) is 13.2 Å². The van der Waals surface area contributed by atoms with Crippen LogP contribution >= 0.6 is 27.3 Å². The highest BCUT2D eigenvalue weighted by atomic mass is 79.9. The Morgan fingerprint density at radius 2 is 2.53 bits per heavy atom. The topological polar surface area (TPSA) is 21.3 Å². The van der Waals surface area contributed by atoms with Crippen molar-refractivity contribution in [2.45, 2.75) is 18.9 Å². The molecular formula is C11H16BrNOS. The van der Waals surface area contributed by atoms with Crippen LogP contribution in [0.2, 0.25) is 0 Å². The maximum atomic E-state index is 5.55. The number of thiophene rings is 1. The molecule has 4 heteroatoms. The lowest BCUT2D eigenvalue weighted by Crippen LogP contribution is -2.31. The van der Waals surface area contributed by atoms with Gasteiger partial charge in [0.1, 0.15) is 0 Å². The lowest BCUT2D eigenvalue weighted by molar-refractivity contribution is 0.0406. The summed E-state index contributed by atoms with van der Waals surface area (Å²) >= 11 is 5.41. The summed E-state index contributed by atoms with van der Waals surface area (Å²) in [4.78, 5) is 1.40. The molecule has 0 amide bonds. The van der Waals surface area contributed by atoms with Crippen LogP contribution in [0.3, 0.4) is 0 Å². The lowest BCUT2D eigenvalue weighted by Gasteiger charge is -2.29. The highest BCUT2D eigenvalue weighted by Gasteiger charge is 2.26. The summed E-state index contributed by atoms with van der Waals surface area (Å²) in [6.45, 7) is 1.81. The van der Waals surface area contributed by atoms with E-state index in [1.54, 1.807) is 0 Å². The zero-order valence-electron chi connectivity index (χ0n) is 8.83. The average Bonchev–Trinajstić information content (AvgIpc) is 2.68. The normalized spacial score (nSPS) is 24.0. The summed E-state index contributed by atoms with van der Waals surface area (Å²) in [5.74, 6) is 0.610. The Hall–Kier alpha value is 0.1000. The second-order valence-corrected chi connectivity index (χ2v) is 5.68. The molecule has 2 unspecified atom stereocenters. The Balaban J connectivity index is 2.12. The summed E-state index contributed by atoms with van der Waals surface area (Å²) in [5, 5.41) is 5.55. The first-order chi connectivity index (χ1) is 7.33. The zero-order chi connectivity index (χ0) is 10.7. The van der Waals surface area contributed by atoms with Crippen molar-refractivity contribution >= 4 is 27.3 Å². The maximum Gasteiger partial charge on any atom is 0.0512 e. The van der Waals surface area contributed by atoms with E-state index in [0.29, 0.717) is 12.0 Å². The molecule has 1 saturated heterocycles. The second-order valence-electron chi connectivity index (χ2n) is 3.88. The molecule has 1 N–H and O–H groups in total. The van der Waals surface area contributed by atoms with Crippen molar-refractivity contribution in [3.8, 4) is 0 Å². The molecule has 1 aromatic heterocycles. The monoisotopic (exact) mass is 289 g/mol. The van der Waals surface area contributed by atoms with E-state index in [-0.39, 0.29) is 0 Å². The summed E-state index contributed by atoms with van der Waals surface area (Å²) in [7, 11) is 2.03. The largest absolute Gasteiger partial charge is 0.381 e. The van der Waals surface area contributed by atoms with Crippen LogP contribution in [0.25, 0.3) is 0 Å². The molecule has 0 saturated carbocycles. The van der Waals surface area contributed by atoms with Gasteiger partial charge in [-0.2, -0.15) is 0 Å². The molecule has 1 fully saturated rings. The van der Waals surface area contributed by atoms with Crippen LogP contribution in [0.15, 0.2) is 15.9 Å². The third-order valence-electron chi connectivity index (χ3n) is 2.91. The minimum atomic E-state index is 0.430. The van der Waals surface area contributed by atoms with E-state index in [2.05, 4.69) is 32.7 Å². The van der Waals surface area contributed by atoms with Gasteiger partial charge in [0.15, 0.2) is 0 Å². The van der Waals surface area contributed by atoms with Gasteiger partial charge in [0.2, 0.25) is 0 Å². The molecule has 1 aromatic rings. The van der Waals surface area contributed by atoms with Gasteiger partial charge in [0.05, 0.1) is 6.61 Å². The molecule has 0 spiro atoms. The molecule has 0 aliphatic carbocycles. The summed E-state index contributed by atoms with van der Waals surface area (Å²) in [5.41, 5.74) is 0. The van der Waals surface area contributed by atoms with Crippen LogP contribution < -0.4 is 5.32 Å². The number of halogens is 1. The highest BCUT2D eigenvalue weighted by molar-refractivity contribution is 9.10. The maximum absolute atomic E-state index is 5.55. The quantitative estimate of drug-likeness (QED) is 0.923. The van der Waals surface area contributed by atoms with E-state index in [1.807, 2.05) is 18.4 Å². The Labute approximate surface area is 103 Å². The van der Waals surface area contributed by atoms with Crippen LogP contribution in [-0.4, -0.2) is 20.3 Å². The molecule has 15 heavy (non-hydrogen) atoms. The van der Waals surface area contributed by atoms with Crippen molar-refractivity contribution in [3.63, 3.8) is 0 Å². The first kappa shape index (κ1) is 11.6. The van der Waals surface area contributed by atoms with Crippen molar-refractivity contribution in [1.29, 1.82) is 0 Å². The molecular weight excluding hydrogens is 274 g/mol. The first-order valence-electron chi connectivity index (χ1n) is 5.31. The smallest absolute Gasteiger partial charge is 0.0512 e. The van der Waals surface area contributed by atoms with E-state index >= 15 is 0 Å². The highest BCUT2D eigenvalue weighted by Crippen LogP contribution is 2.36. The van der Waals surface area contributed by atoms with E-state index < -0.39 is 0 Å². The van der Waals surface area contributed by atoms with Gasteiger partial charge in [0.25, 0.3) is 0 Å². The fraction of sp³-hybridized carbons (Fsp3) is 0.636. The minimum absolute atomic E-state index is 0.430. The van der Waals surface area contributed by atoms with Crippen molar-refractivity contribution in [2.75, 3.05) is 20.3 Å². The molecule has 2 heterocycles. The lowest BCUT2D eigenvalue weighted by atomic mass is 9.93. The number of rotatable bonds is 3. The van der Waals surface area contributed by atoms with Gasteiger partial charge in [0, 0.05) is 27.9 Å². The fourth-order valence-electron chi connectivity index (χ4n) is 2.14. The molecule has 2 atom stereocenters. The number of hydrogen-bond donors (Lipinski definition) is 1. The van der Waals surface area contributed by atoms with E-state index in [4.69, 9.17) is 4.74 Å². The molecule has 1 aliphatic rings. The van der Waals surface area contributed by atoms with Crippen LogP contribution in [0.5, 0.6) is 0 Å². The number of nitrogens with one attached hydrogen (secondary N) is 1. The van der Waals surface area contributed by atoms with Gasteiger partial charge in [-0.3, -0.25) is 0 Å². The van der Waals surface area contributed by atoms with Gasteiger partial charge in [-0.1, -0.05) is 0 Å². The summed E-state index contributed by atoms with van der Waals surface area (Å²) in [6, 6.07) is 2.55. The van der Waals surface area contributed by atoms with Crippen LogP contribution in [0.1, 0.15) is 23.8 Å². The van der Waals surface area contributed by atoms with Crippen molar-refractivity contribution in [3.05, 3.63) is 20.8 Å². The second kappa shape index (κ2) is 5.43. The Morgan fingerprint density at radius 3 is 3.07 bits per heavy atom. The Kier molecular flexibility index (Phi) is 4.20. The van der Waals surface area contributed by atoms with Gasteiger partial charge >= 0.3 is 0 Å². The molecule has 84 valence electrons. The van der Waals surface area contributed by atoms with Crippen molar-refractivity contribution < 1.29 is 4.74 Å². The standard InChI is InChI=1S/C11H16BrNOS/c1-13-10(8-3-2-5-14-7-8)11-9(12)4-6-15-11/h4,6,8,10,13H,2-3,5,7H2,1H3. The molecule has 0 aromatic carbocycles. The number of ether oxygens (including phenoxy) is 1. The van der Waals surface area contributed by atoms with Crippen LogP contribution in [-0.2, 0) is 4.74 Å². The molecule has 2 nitrogen and oxygen atoms in total. The SMILES string of the molecule is CNC(c1sccc1Br)C1CCCOC1. The molecule has 0 radical (unpaired) electrons. The van der Waals surface area contributed by atoms with Gasteiger partial charge in [-0.25, -0.2) is 0 Å². The van der Waals surface area contributed by atoms with Crippen LogP contribution in [0.4, 0.5) is 0 Å². The van der Waals surface area contributed by atoms with E-state index in [1.165, 1.54) is 22.2 Å². The van der Waals surface area contributed by atoms with Crippen molar-refractivity contribution in [1.82, 2.24) is 5.32 Å². The van der Waals surface area contributed by atoms with Gasteiger partial charge in [-0.15, -0.1) is 11.3 Å². The predicted octanol–water partition coefficient (Wildman–Crippen LogP) is 3.20. The molecule has 1 aliphatic heterocycles. The minimum Gasteiger partial charge on any atom is -0.381 e. The molecule has 0 bridgehead atoms. The average molecular weight is 290 g/mol. The zero-order valence-corrected chi connectivity index (χ0v) is 11.2. The van der Waals surface area contributed by atoms with Crippen LogP contribution in [0, 0.1) is 5.92 Å². The Morgan fingerprint density at radius 1 is 1.67 bits per heavy atom. The van der Waals surface area contributed by atoms with Gasteiger partial charge < -0.3 is 10.1 Å². The summed E-state index contributed by atoms with van der Waals surface area (Å²) < 4.78 is 6.77. The predicted molar refractivity (Wildman–Crippen MR) is 67.4 cm³/mol.